The summed E-state index contributed by atoms with van der Waals surface area (Å²) < 4.78 is 16.7. The molecule has 0 saturated carbocycles. The van der Waals surface area contributed by atoms with Crippen LogP contribution >= 0.6 is 15.9 Å². The highest BCUT2D eigenvalue weighted by Gasteiger charge is 2.16. The topological polar surface area (TPSA) is 61.6 Å². The van der Waals surface area contributed by atoms with Crippen LogP contribution in [0.4, 0.5) is 0 Å². The summed E-state index contributed by atoms with van der Waals surface area (Å²) in [4.78, 5) is 16.4. The Hall–Kier alpha value is -2.86. The number of hydrogen-bond donors (Lipinski definition) is 0. The van der Waals surface area contributed by atoms with Crippen LogP contribution in [0.2, 0.25) is 0 Å². The van der Waals surface area contributed by atoms with Gasteiger partial charge in [-0.05, 0) is 70.9 Å². The quantitative estimate of drug-likeness (QED) is 0.409. The molecule has 0 atom stereocenters. The van der Waals surface area contributed by atoms with Gasteiger partial charge in [0.05, 0.1) is 12.3 Å². The van der Waals surface area contributed by atoms with Gasteiger partial charge in [-0.25, -0.2) is 4.79 Å². The van der Waals surface area contributed by atoms with E-state index in [0.29, 0.717) is 22.8 Å². The van der Waals surface area contributed by atoms with E-state index in [1.165, 1.54) is 6.07 Å². The SMILES string of the molecule is CCOc1cc(/C=C/c2ccccn2)ccc1OC(=O)c1ccc(Br)o1. The summed E-state index contributed by atoms with van der Waals surface area (Å²) in [5.41, 5.74) is 1.75. The molecule has 26 heavy (non-hydrogen) atoms. The minimum atomic E-state index is -0.589. The Morgan fingerprint density at radius 2 is 2.04 bits per heavy atom. The van der Waals surface area contributed by atoms with Crippen LogP contribution in [0.15, 0.2) is 63.8 Å². The van der Waals surface area contributed by atoms with E-state index in [9.17, 15) is 4.79 Å². The summed E-state index contributed by atoms with van der Waals surface area (Å²) in [6.45, 7) is 2.32. The predicted molar refractivity (Wildman–Crippen MR) is 102 cm³/mol. The maximum Gasteiger partial charge on any atom is 0.379 e. The molecule has 3 rings (SSSR count). The molecule has 5 nitrogen and oxygen atoms in total. The van der Waals surface area contributed by atoms with Crippen molar-refractivity contribution in [2.75, 3.05) is 6.61 Å². The Balaban J connectivity index is 1.80. The Morgan fingerprint density at radius 3 is 2.73 bits per heavy atom. The maximum absolute atomic E-state index is 12.2. The monoisotopic (exact) mass is 413 g/mol. The second-order valence-electron chi connectivity index (χ2n) is 5.22. The highest BCUT2D eigenvalue weighted by atomic mass is 79.9. The van der Waals surface area contributed by atoms with Gasteiger partial charge in [0, 0.05) is 6.20 Å². The second kappa shape index (κ2) is 8.49. The predicted octanol–water partition coefficient (Wildman–Crippen LogP) is 5.23. The number of carbonyl (C=O) groups is 1. The summed E-state index contributed by atoms with van der Waals surface area (Å²) >= 11 is 3.16. The summed E-state index contributed by atoms with van der Waals surface area (Å²) in [5.74, 6) is 0.334. The van der Waals surface area contributed by atoms with Crippen molar-refractivity contribution in [2.24, 2.45) is 0 Å². The molecule has 0 bridgehead atoms. The minimum Gasteiger partial charge on any atom is -0.490 e. The number of hydrogen-bond acceptors (Lipinski definition) is 5. The van der Waals surface area contributed by atoms with Crippen LogP contribution in [0.1, 0.15) is 28.7 Å². The lowest BCUT2D eigenvalue weighted by molar-refractivity contribution is 0.0693. The zero-order valence-corrected chi connectivity index (χ0v) is 15.6. The molecule has 0 radical (unpaired) electrons. The first-order valence-electron chi connectivity index (χ1n) is 7.99. The molecule has 0 aliphatic heterocycles. The Kier molecular flexibility index (Phi) is 5.86. The van der Waals surface area contributed by atoms with Crippen LogP contribution in [0, 0.1) is 0 Å². The maximum atomic E-state index is 12.2. The Morgan fingerprint density at radius 1 is 1.15 bits per heavy atom. The first-order chi connectivity index (χ1) is 12.7. The number of pyridine rings is 1. The lowest BCUT2D eigenvalue weighted by atomic mass is 10.1. The van der Waals surface area contributed by atoms with Crippen molar-refractivity contribution in [1.82, 2.24) is 4.98 Å². The molecule has 0 amide bonds. The zero-order valence-electron chi connectivity index (χ0n) is 14.0. The third kappa shape index (κ3) is 4.61. The third-order valence-electron chi connectivity index (χ3n) is 3.38. The minimum absolute atomic E-state index is 0.110. The largest absolute Gasteiger partial charge is 0.490 e. The number of nitrogens with zero attached hydrogens (tertiary/aromatic N) is 1. The van der Waals surface area contributed by atoms with Gasteiger partial charge < -0.3 is 13.9 Å². The van der Waals surface area contributed by atoms with Crippen LogP contribution in [0.25, 0.3) is 12.2 Å². The smallest absolute Gasteiger partial charge is 0.379 e. The number of furan rings is 1. The van der Waals surface area contributed by atoms with Crippen molar-refractivity contribution in [1.29, 1.82) is 0 Å². The molecule has 0 aliphatic carbocycles. The molecule has 0 spiro atoms. The van der Waals surface area contributed by atoms with Crippen molar-refractivity contribution >= 4 is 34.1 Å². The molecule has 0 unspecified atom stereocenters. The second-order valence-corrected chi connectivity index (χ2v) is 6.00. The Labute approximate surface area is 159 Å². The number of aromatic nitrogens is 1. The number of ether oxygens (including phenoxy) is 2. The molecule has 6 heteroatoms. The van der Waals surface area contributed by atoms with Gasteiger partial charge in [0.2, 0.25) is 5.76 Å². The molecule has 2 heterocycles. The van der Waals surface area contributed by atoms with E-state index in [2.05, 4.69) is 20.9 Å². The van der Waals surface area contributed by atoms with Gasteiger partial charge in [-0.2, -0.15) is 0 Å². The van der Waals surface area contributed by atoms with E-state index < -0.39 is 5.97 Å². The van der Waals surface area contributed by atoms with Gasteiger partial charge in [0.25, 0.3) is 0 Å². The molecule has 2 aromatic heterocycles. The van der Waals surface area contributed by atoms with E-state index in [4.69, 9.17) is 13.9 Å². The van der Waals surface area contributed by atoms with Crippen LogP contribution in [0.5, 0.6) is 11.5 Å². The summed E-state index contributed by atoms with van der Waals surface area (Å²) in [7, 11) is 0. The van der Waals surface area contributed by atoms with Gasteiger partial charge in [-0.3, -0.25) is 4.98 Å². The molecular formula is C20H16BrNO4. The van der Waals surface area contributed by atoms with Crippen molar-refractivity contribution < 1.29 is 18.7 Å². The van der Waals surface area contributed by atoms with Crippen LogP contribution in [0.3, 0.4) is 0 Å². The van der Waals surface area contributed by atoms with Crippen LogP contribution in [-0.2, 0) is 0 Å². The van der Waals surface area contributed by atoms with Crippen molar-refractivity contribution in [3.63, 3.8) is 0 Å². The van der Waals surface area contributed by atoms with Crippen molar-refractivity contribution in [3.8, 4) is 11.5 Å². The number of benzene rings is 1. The summed E-state index contributed by atoms with van der Waals surface area (Å²) in [5, 5.41) is 0. The molecule has 0 aliphatic rings. The van der Waals surface area contributed by atoms with Crippen LogP contribution in [-0.4, -0.2) is 17.6 Å². The average molecular weight is 414 g/mol. The molecule has 0 saturated heterocycles. The number of rotatable bonds is 6. The highest BCUT2D eigenvalue weighted by Crippen LogP contribution is 2.30. The van der Waals surface area contributed by atoms with Gasteiger partial charge >= 0.3 is 5.97 Å². The standard InChI is InChI=1S/C20H16BrNO4/c1-2-24-18-13-14(6-8-15-5-3-4-12-22-15)7-9-16(18)26-20(23)17-10-11-19(21)25-17/h3-13H,2H2,1H3/b8-6+. The van der Waals surface area contributed by atoms with Gasteiger partial charge in [0.1, 0.15) is 0 Å². The van der Waals surface area contributed by atoms with E-state index in [1.807, 2.05) is 49.4 Å². The fraction of sp³-hybridized carbons (Fsp3) is 0.100. The number of esters is 1. The van der Waals surface area contributed by atoms with Crippen LogP contribution < -0.4 is 9.47 Å². The van der Waals surface area contributed by atoms with E-state index in [-0.39, 0.29) is 5.76 Å². The van der Waals surface area contributed by atoms with E-state index in [1.54, 1.807) is 18.3 Å². The fourth-order valence-electron chi connectivity index (χ4n) is 2.21. The molecule has 1 aromatic carbocycles. The zero-order chi connectivity index (χ0) is 18.4. The molecule has 0 fully saturated rings. The molecule has 0 N–H and O–H groups in total. The first-order valence-corrected chi connectivity index (χ1v) is 8.78. The van der Waals surface area contributed by atoms with E-state index in [0.717, 1.165) is 11.3 Å². The lowest BCUT2D eigenvalue weighted by Crippen LogP contribution is -2.08. The van der Waals surface area contributed by atoms with Crippen molar-refractivity contribution in [2.45, 2.75) is 6.92 Å². The average Bonchev–Trinajstić information content (AvgIpc) is 3.09. The summed E-state index contributed by atoms with van der Waals surface area (Å²) in [6, 6.07) is 14.2. The Bertz CT molecular complexity index is 919. The van der Waals surface area contributed by atoms with Crippen molar-refractivity contribution in [3.05, 3.63) is 76.4 Å². The number of halogens is 1. The lowest BCUT2D eigenvalue weighted by Gasteiger charge is -2.10. The number of carbonyl (C=O) groups excluding carboxylic acids is 1. The van der Waals surface area contributed by atoms with Gasteiger partial charge in [-0.15, -0.1) is 0 Å². The summed E-state index contributed by atoms with van der Waals surface area (Å²) in [6.07, 6.45) is 5.55. The molecule has 3 aromatic rings. The third-order valence-corrected chi connectivity index (χ3v) is 3.81. The molecular weight excluding hydrogens is 398 g/mol. The van der Waals surface area contributed by atoms with Gasteiger partial charge in [-0.1, -0.05) is 18.2 Å². The highest BCUT2D eigenvalue weighted by molar-refractivity contribution is 9.10. The normalized spacial score (nSPS) is 10.8. The fourth-order valence-corrected chi connectivity index (χ4v) is 2.52. The first kappa shape index (κ1) is 17.9. The van der Waals surface area contributed by atoms with E-state index >= 15 is 0 Å². The van der Waals surface area contributed by atoms with Gasteiger partial charge in [0.15, 0.2) is 16.2 Å². The molecule has 132 valence electrons.